The Balaban J connectivity index is 3.24. The second-order valence-electron chi connectivity index (χ2n) is 2.59. The summed E-state index contributed by atoms with van der Waals surface area (Å²) in [4.78, 5) is 0. The van der Waals surface area contributed by atoms with Crippen molar-refractivity contribution in [3.63, 3.8) is 0 Å². The van der Waals surface area contributed by atoms with Crippen molar-refractivity contribution < 1.29 is 0 Å². The predicted molar refractivity (Wildman–Crippen MR) is 63.4 cm³/mol. The van der Waals surface area contributed by atoms with Crippen LogP contribution in [0.5, 0.6) is 0 Å². The van der Waals surface area contributed by atoms with Crippen LogP contribution in [-0.2, 0) is 0 Å². The summed E-state index contributed by atoms with van der Waals surface area (Å²) in [5.74, 6) is 0. The second kappa shape index (κ2) is 4.70. The fourth-order valence-electron chi connectivity index (χ4n) is 0.972. The Bertz CT molecular complexity index is 334. The van der Waals surface area contributed by atoms with Gasteiger partial charge in [-0.15, -0.1) is 0 Å². The van der Waals surface area contributed by atoms with Gasteiger partial charge >= 0.3 is 0 Å². The smallest absolute Gasteiger partial charge is 0.0811 e. The van der Waals surface area contributed by atoms with E-state index in [1.807, 2.05) is 25.1 Å². The zero-order valence-corrected chi connectivity index (χ0v) is 10.6. The first-order valence-corrected chi connectivity index (χ1v) is 5.41. The van der Waals surface area contributed by atoms with Crippen LogP contribution in [-0.4, -0.2) is 0 Å². The zero-order valence-electron chi connectivity index (χ0n) is 6.74. The van der Waals surface area contributed by atoms with Crippen molar-refractivity contribution in [3.8, 4) is 0 Å². The molecule has 1 aromatic carbocycles. The first kappa shape index (κ1) is 11.4. The fraction of sp³-hybridized carbons (Fsp3) is 0.111. The number of aryl methyl sites for hydroxylation is 1. The maximum Gasteiger partial charge on any atom is 0.126 e. The average molecular weight is 300 g/mol. The van der Waals surface area contributed by atoms with E-state index in [9.17, 15) is 0 Å². The molecule has 0 heterocycles. The van der Waals surface area contributed by atoms with Crippen LogP contribution >= 0.6 is 50.7 Å². The van der Waals surface area contributed by atoms with Gasteiger partial charge in [0.2, 0.25) is 0 Å². The molecule has 0 bridgehead atoms. The third-order valence-electron chi connectivity index (χ3n) is 1.46. The summed E-state index contributed by atoms with van der Waals surface area (Å²) in [5, 5.41) is 0.368. The summed E-state index contributed by atoms with van der Waals surface area (Å²) in [7, 11) is 0. The summed E-state index contributed by atoms with van der Waals surface area (Å²) in [6, 6.07) is 5.76. The van der Waals surface area contributed by atoms with E-state index in [0.29, 0.717) is 5.03 Å². The second-order valence-corrected chi connectivity index (χ2v) is 4.83. The van der Waals surface area contributed by atoms with E-state index < -0.39 is 0 Å². The largest absolute Gasteiger partial charge is 0.126 e. The highest BCUT2D eigenvalue weighted by Gasteiger charge is 2.04. The number of rotatable bonds is 1. The molecule has 13 heavy (non-hydrogen) atoms. The standard InChI is InChI=1S/C9H6BrCl3/c1-5-2-6(4-7(10)3-5)8(11)9(12)13/h2-4H,1H3. The molecule has 0 fully saturated rings. The highest BCUT2D eigenvalue weighted by atomic mass is 79.9. The van der Waals surface area contributed by atoms with Gasteiger partial charge in [-0.05, 0) is 30.2 Å². The quantitative estimate of drug-likeness (QED) is 0.677. The van der Waals surface area contributed by atoms with Crippen molar-refractivity contribution >= 4 is 55.8 Å². The normalized spacial score (nSPS) is 9.92. The topological polar surface area (TPSA) is 0 Å². The number of hydrogen-bond donors (Lipinski definition) is 0. The van der Waals surface area contributed by atoms with Gasteiger partial charge in [0.05, 0.1) is 5.03 Å². The number of halogens is 4. The van der Waals surface area contributed by atoms with Crippen LogP contribution in [0.1, 0.15) is 11.1 Å². The molecule has 0 aliphatic carbocycles. The van der Waals surface area contributed by atoms with E-state index in [4.69, 9.17) is 34.8 Å². The molecule has 4 heteroatoms. The van der Waals surface area contributed by atoms with Gasteiger partial charge < -0.3 is 0 Å². The first-order chi connectivity index (χ1) is 6.00. The van der Waals surface area contributed by atoms with E-state index in [1.165, 1.54) is 0 Å². The molecule has 1 aromatic rings. The van der Waals surface area contributed by atoms with Crippen LogP contribution in [0.2, 0.25) is 0 Å². The number of hydrogen-bond acceptors (Lipinski definition) is 0. The van der Waals surface area contributed by atoms with Gasteiger partial charge in [0.25, 0.3) is 0 Å². The van der Waals surface area contributed by atoms with Gasteiger partial charge in [-0.3, -0.25) is 0 Å². The molecular weight excluding hydrogens is 294 g/mol. The lowest BCUT2D eigenvalue weighted by atomic mass is 10.1. The minimum absolute atomic E-state index is 0.0826. The van der Waals surface area contributed by atoms with Gasteiger partial charge in [0.15, 0.2) is 0 Å². The van der Waals surface area contributed by atoms with Crippen LogP contribution in [0.25, 0.3) is 5.03 Å². The fourth-order valence-corrected chi connectivity index (χ4v) is 1.91. The van der Waals surface area contributed by atoms with E-state index in [2.05, 4.69) is 15.9 Å². The molecule has 0 saturated heterocycles. The molecule has 0 radical (unpaired) electrons. The summed E-state index contributed by atoms with van der Waals surface area (Å²) in [5.41, 5.74) is 1.91. The lowest BCUT2D eigenvalue weighted by Crippen LogP contribution is -1.81. The van der Waals surface area contributed by atoms with E-state index in [-0.39, 0.29) is 4.49 Å². The minimum atomic E-state index is 0.0826. The highest BCUT2D eigenvalue weighted by molar-refractivity contribution is 9.10. The number of benzene rings is 1. The zero-order chi connectivity index (χ0) is 10.0. The lowest BCUT2D eigenvalue weighted by molar-refractivity contribution is 1.43. The molecule has 0 atom stereocenters. The van der Waals surface area contributed by atoms with Crippen molar-refractivity contribution in [1.29, 1.82) is 0 Å². The van der Waals surface area contributed by atoms with Gasteiger partial charge in [0.1, 0.15) is 4.49 Å². The molecule has 0 nitrogen and oxygen atoms in total. The molecule has 0 aromatic heterocycles. The molecule has 0 N–H and O–H groups in total. The van der Waals surface area contributed by atoms with Crippen LogP contribution in [0.3, 0.4) is 0 Å². The van der Waals surface area contributed by atoms with Gasteiger partial charge in [-0.25, -0.2) is 0 Å². The predicted octanol–water partition coefficient (Wildman–Crippen LogP) is 5.10. The van der Waals surface area contributed by atoms with Crippen LogP contribution in [0, 0.1) is 6.92 Å². The molecule has 1 rings (SSSR count). The van der Waals surface area contributed by atoms with Gasteiger partial charge in [0, 0.05) is 4.47 Å². The minimum Gasteiger partial charge on any atom is -0.0811 e. The maximum atomic E-state index is 5.88. The molecule has 0 aliphatic heterocycles. The maximum absolute atomic E-state index is 5.88. The molecule has 0 amide bonds. The highest BCUT2D eigenvalue weighted by Crippen LogP contribution is 2.30. The Morgan fingerprint density at radius 3 is 2.23 bits per heavy atom. The summed E-state index contributed by atoms with van der Waals surface area (Å²) in [6.45, 7) is 1.97. The van der Waals surface area contributed by atoms with Crippen molar-refractivity contribution in [2.75, 3.05) is 0 Å². The van der Waals surface area contributed by atoms with E-state index in [1.54, 1.807) is 0 Å². The summed E-state index contributed by atoms with van der Waals surface area (Å²) in [6.07, 6.45) is 0. The Kier molecular flexibility index (Phi) is 4.11. The van der Waals surface area contributed by atoms with E-state index >= 15 is 0 Å². The molecule has 0 saturated carbocycles. The summed E-state index contributed by atoms with van der Waals surface area (Å²) >= 11 is 20.4. The molecule has 0 spiro atoms. The average Bonchev–Trinajstić information content (AvgIpc) is 2.01. The molecule has 0 unspecified atom stereocenters. The van der Waals surface area contributed by atoms with Crippen molar-refractivity contribution in [2.45, 2.75) is 6.92 Å². The molecular formula is C9H6BrCl3. The van der Waals surface area contributed by atoms with Gasteiger partial charge in [-0.2, -0.15) is 0 Å². The Morgan fingerprint density at radius 1 is 1.15 bits per heavy atom. The van der Waals surface area contributed by atoms with E-state index in [0.717, 1.165) is 15.6 Å². The molecule has 70 valence electrons. The SMILES string of the molecule is Cc1cc(Br)cc(C(Cl)=C(Cl)Cl)c1. The Labute approximate surface area is 101 Å². The van der Waals surface area contributed by atoms with Crippen LogP contribution in [0.15, 0.2) is 27.2 Å². The monoisotopic (exact) mass is 298 g/mol. The molecule has 0 aliphatic rings. The summed E-state index contributed by atoms with van der Waals surface area (Å²) < 4.78 is 1.04. The lowest BCUT2D eigenvalue weighted by Gasteiger charge is -2.02. The van der Waals surface area contributed by atoms with Crippen molar-refractivity contribution in [3.05, 3.63) is 38.3 Å². The van der Waals surface area contributed by atoms with Crippen LogP contribution in [0.4, 0.5) is 0 Å². The Morgan fingerprint density at radius 2 is 1.77 bits per heavy atom. The van der Waals surface area contributed by atoms with Crippen LogP contribution < -0.4 is 0 Å². The first-order valence-electron chi connectivity index (χ1n) is 3.49. The van der Waals surface area contributed by atoms with Crippen molar-refractivity contribution in [1.82, 2.24) is 0 Å². The van der Waals surface area contributed by atoms with Gasteiger partial charge in [-0.1, -0.05) is 56.8 Å². The van der Waals surface area contributed by atoms with Crippen molar-refractivity contribution in [2.24, 2.45) is 0 Å². The third-order valence-corrected chi connectivity index (χ3v) is 2.90. The Hall–Kier alpha value is 0.310. The third kappa shape index (κ3) is 3.17.